The Bertz CT molecular complexity index is 772. The largest absolute Gasteiger partial charge is 0.452 e. The summed E-state index contributed by atoms with van der Waals surface area (Å²) in [6.45, 7) is 3.84. The average Bonchev–Trinajstić information content (AvgIpc) is 3.10. The Morgan fingerprint density at radius 1 is 1.31 bits per heavy atom. The van der Waals surface area contributed by atoms with Gasteiger partial charge in [-0.15, -0.1) is 23.1 Å². The maximum Gasteiger partial charge on any atom is 0.339 e. The average molecular weight is 393 g/mol. The van der Waals surface area contributed by atoms with Crippen LogP contribution in [-0.4, -0.2) is 54.7 Å². The van der Waals surface area contributed by atoms with Crippen LogP contribution in [0.25, 0.3) is 0 Å². The maximum absolute atomic E-state index is 12.4. The van der Waals surface area contributed by atoms with Crippen molar-refractivity contribution in [3.05, 3.63) is 45.9 Å². The summed E-state index contributed by atoms with van der Waals surface area (Å²) in [5.74, 6) is 0.00957. The van der Waals surface area contributed by atoms with E-state index in [0.29, 0.717) is 37.6 Å². The highest BCUT2D eigenvalue weighted by molar-refractivity contribution is 7.98. The molecule has 138 valence electrons. The fourth-order valence-corrected chi connectivity index (χ4v) is 4.15. The molecule has 0 bridgehead atoms. The molecule has 1 saturated heterocycles. The van der Waals surface area contributed by atoms with E-state index in [0.717, 1.165) is 15.6 Å². The van der Waals surface area contributed by atoms with Gasteiger partial charge in [-0.25, -0.2) is 9.78 Å². The molecule has 8 heteroatoms. The molecular formula is C18H20N2O4S2. The smallest absolute Gasteiger partial charge is 0.339 e. The number of amides is 1. The Morgan fingerprint density at radius 3 is 2.81 bits per heavy atom. The van der Waals surface area contributed by atoms with E-state index in [1.54, 1.807) is 28.4 Å². The van der Waals surface area contributed by atoms with Crippen LogP contribution >= 0.6 is 23.1 Å². The standard InChI is InChI=1S/C18H20N2O4S2/c1-13-19-14(11-25-13)12-26-16-5-3-2-4-15(16)18(22)24-10-17(21)20-6-8-23-9-7-20/h2-5,11H,6-10,12H2,1H3. The molecule has 1 fully saturated rings. The summed E-state index contributed by atoms with van der Waals surface area (Å²) >= 11 is 3.14. The lowest BCUT2D eigenvalue weighted by Gasteiger charge is -2.26. The maximum atomic E-state index is 12.4. The van der Waals surface area contributed by atoms with E-state index in [1.807, 2.05) is 24.4 Å². The van der Waals surface area contributed by atoms with Crippen molar-refractivity contribution in [2.45, 2.75) is 17.6 Å². The summed E-state index contributed by atoms with van der Waals surface area (Å²) in [6.07, 6.45) is 0. The quantitative estimate of drug-likeness (QED) is 0.556. The molecule has 2 aromatic rings. The summed E-state index contributed by atoms with van der Waals surface area (Å²) < 4.78 is 10.5. The van der Waals surface area contributed by atoms with Crippen LogP contribution in [0.2, 0.25) is 0 Å². The summed E-state index contributed by atoms with van der Waals surface area (Å²) in [5, 5.41) is 3.04. The van der Waals surface area contributed by atoms with Gasteiger partial charge in [-0.1, -0.05) is 12.1 Å². The van der Waals surface area contributed by atoms with Crippen molar-refractivity contribution < 1.29 is 19.1 Å². The van der Waals surface area contributed by atoms with Crippen molar-refractivity contribution in [2.75, 3.05) is 32.9 Å². The summed E-state index contributed by atoms with van der Waals surface area (Å²) in [7, 11) is 0. The van der Waals surface area contributed by atoms with Crippen molar-refractivity contribution in [1.82, 2.24) is 9.88 Å². The van der Waals surface area contributed by atoms with Gasteiger partial charge in [-0.05, 0) is 19.1 Å². The van der Waals surface area contributed by atoms with E-state index in [1.165, 1.54) is 11.8 Å². The number of morpholine rings is 1. The molecule has 1 aliphatic rings. The number of rotatable bonds is 6. The molecule has 26 heavy (non-hydrogen) atoms. The minimum Gasteiger partial charge on any atom is -0.452 e. The van der Waals surface area contributed by atoms with Gasteiger partial charge in [0.05, 0.1) is 29.5 Å². The second kappa shape index (κ2) is 9.16. The first-order chi connectivity index (χ1) is 12.6. The van der Waals surface area contributed by atoms with E-state index < -0.39 is 5.97 Å². The van der Waals surface area contributed by atoms with Crippen LogP contribution in [0.5, 0.6) is 0 Å². The van der Waals surface area contributed by atoms with Crippen LogP contribution < -0.4 is 0 Å². The molecule has 6 nitrogen and oxygen atoms in total. The Balaban J connectivity index is 1.57. The molecule has 0 N–H and O–H groups in total. The second-order valence-corrected chi connectivity index (χ2v) is 7.79. The topological polar surface area (TPSA) is 68.7 Å². The molecule has 0 saturated carbocycles. The highest BCUT2D eigenvalue weighted by Gasteiger charge is 2.20. The number of ether oxygens (including phenoxy) is 2. The first-order valence-electron chi connectivity index (χ1n) is 8.29. The van der Waals surface area contributed by atoms with Crippen LogP contribution in [0.15, 0.2) is 34.5 Å². The van der Waals surface area contributed by atoms with Crippen LogP contribution in [0.1, 0.15) is 21.1 Å². The zero-order valence-corrected chi connectivity index (χ0v) is 16.1. The van der Waals surface area contributed by atoms with E-state index in [9.17, 15) is 9.59 Å². The fraction of sp³-hybridized carbons (Fsp3) is 0.389. The zero-order chi connectivity index (χ0) is 18.4. The highest BCUT2D eigenvalue weighted by Crippen LogP contribution is 2.27. The molecule has 1 aromatic carbocycles. The van der Waals surface area contributed by atoms with Crippen molar-refractivity contribution in [3.63, 3.8) is 0 Å². The van der Waals surface area contributed by atoms with Gasteiger partial charge in [0, 0.05) is 29.1 Å². The molecule has 3 rings (SSSR count). The first-order valence-corrected chi connectivity index (χ1v) is 10.2. The fourth-order valence-electron chi connectivity index (χ4n) is 2.50. The molecule has 1 aromatic heterocycles. The van der Waals surface area contributed by atoms with Crippen LogP contribution in [-0.2, 0) is 20.0 Å². The number of hydrogen-bond acceptors (Lipinski definition) is 7. The van der Waals surface area contributed by atoms with E-state index >= 15 is 0 Å². The Kier molecular flexibility index (Phi) is 6.65. The van der Waals surface area contributed by atoms with Crippen LogP contribution in [0.3, 0.4) is 0 Å². The highest BCUT2D eigenvalue weighted by atomic mass is 32.2. The normalized spacial score (nSPS) is 14.3. The van der Waals surface area contributed by atoms with Gasteiger partial charge in [-0.2, -0.15) is 0 Å². The van der Waals surface area contributed by atoms with Gasteiger partial charge >= 0.3 is 5.97 Å². The molecule has 1 amide bonds. The number of carbonyl (C=O) groups excluding carboxylic acids is 2. The van der Waals surface area contributed by atoms with Crippen LogP contribution in [0, 0.1) is 6.92 Å². The molecule has 2 heterocycles. The number of hydrogen-bond donors (Lipinski definition) is 0. The van der Waals surface area contributed by atoms with E-state index in [-0.39, 0.29) is 12.5 Å². The van der Waals surface area contributed by atoms with Crippen molar-refractivity contribution >= 4 is 35.0 Å². The van der Waals surface area contributed by atoms with Gasteiger partial charge < -0.3 is 14.4 Å². The first kappa shape index (κ1) is 18.9. The van der Waals surface area contributed by atoms with Gasteiger partial charge in [0.2, 0.25) is 0 Å². The predicted octanol–water partition coefficient (Wildman–Crippen LogP) is 2.76. The number of nitrogens with zero attached hydrogens (tertiary/aromatic N) is 2. The third-order valence-electron chi connectivity index (χ3n) is 3.84. The monoisotopic (exact) mass is 392 g/mol. The number of benzene rings is 1. The third kappa shape index (κ3) is 5.06. The van der Waals surface area contributed by atoms with Gasteiger partial charge in [0.15, 0.2) is 6.61 Å². The van der Waals surface area contributed by atoms with Crippen LogP contribution in [0.4, 0.5) is 0 Å². The minimum atomic E-state index is -0.482. The summed E-state index contributed by atoms with van der Waals surface area (Å²) in [4.78, 5) is 31.4. The van der Waals surface area contributed by atoms with Crippen molar-refractivity contribution in [1.29, 1.82) is 0 Å². The van der Waals surface area contributed by atoms with Gasteiger partial charge in [-0.3, -0.25) is 4.79 Å². The minimum absolute atomic E-state index is 0.190. The number of aromatic nitrogens is 1. The number of thioether (sulfide) groups is 1. The van der Waals surface area contributed by atoms with E-state index in [2.05, 4.69) is 4.98 Å². The summed E-state index contributed by atoms with van der Waals surface area (Å²) in [5.41, 5.74) is 1.46. The van der Waals surface area contributed by atoms with Gasteiger partial charge in [0.25, 0.3) is 5.91 Å². The SMILES string of the molecule is Cc1nc(CSc2ccccc2C(=O)OCC(=O)N2CCOCC2)cs1. The third-order valence-corrected chi connectivity index (χ3v) is 5.77. The lowest BCUT2D eigenvalue weighted by Crippen LogP contribution is -2.42. The molecule has 0 aliphatic carbocycles. The Hall–Kier alpha value is -1.90. The summed E-state index contributed by atoms with van der Waals surface area (Å²) in [6, 6.07) is 7.27. The van der Waals surface area contributed by atoms with Gasteiger partial charge in [0.1, 0.15) is 0 Å². The molecule has 0 spiro atoms. The number of aryl methyl sites for hydroxylation is 1. The lowest BCUT2D eigenvalue weighted by molar-refractivity contribution is -0.138. The molecule has 0 atom stereocenters. The molecule has 0 unspecified atom stereocenters. The Labute approximate surface area is 160 Å². The second-order valence-electron chi connectivity index (χ2n) is 5.71. The van der Waals surface area contributed by atoms with Crippen molar-refractivity contribution in [2.24, 2.45) is 0 Å². The zero-order valence-electron chi connectivity index (χ0n) is 14.5. The lowest BCUT2D eigenvalue weighted by atomic mass is 10.2. The molecular weight excluding hydrogens is 372 g/mol. The molecule has 1 aliphatic heterocycles. The number of carbonyl (C=O) groups is 2. The number of thiazole rings is 1. The van der Waals surface area contributed by atoms with Crippen molar-refractivity contribution in [3.8, 4) is 0 Å². The molecule has 0 radical (unpaired) electrons. The van der Waals surface area contributed by atoms with E-state index in [4.69, 9.17) is 9.47 Å². The number of esters is 1. The predicted molar refractivity (Wildman–Crippen MR) is 101 cm³/mol. The Morgan fingerprint density at radius 2 is 2.08 bits per heavy atom.